The molecule has 0 atom stereocenters. The molecule has 0 amide bonds. The molecule has 0 aliphatic carbocycles. The molecule has 0 fully saturated rings. The Morgan fingerprint density at radius 3 is 2.62 bits per heavy atom. The van der Waals surface area contributed by atoms with Crippen molar-refractivity contribution in [1.29, 1.82) is 0 Å². The third-order valence-corrected chi connectivity index (χ3v) is 2.83. The Kier molecular flexibility index (Phi) is 3.41. The van der Waals surface area contributed by atoms with Crippen LogP contribution in [0.3, 0.4) is 0 Å². The molecule has 1 heterocycles. The summed E-state index contributed by atoms with van der Waals surface area (Å²) in [5.41, 5.74) is 7.42. The molecule has 0 saturated heterocycles. The van der Waals surface area contributed by atoms with Gasteiger partial charge in [-0.2, -0.15) is 0 Å². The van der Waals surface area contributed by atoms with Gasteiger partial charge in [0.15, 0.2) is 11.7 Å². The third kappa shape index (κ3) is 2.33. The molecule has 0 spiro atoms. The van der Waals surface area contributed by atoms with E-state index in [1.165, 1.54) is 0 Å². The van der Waals surface area contributed by atoms with Crippen LogP contribution in [0, 0.1) is 6.92 Å². The van der Waals surface area contributed by atoms with Gasteiger partial charge in [0.05, 0.1) is 5.69 Å². The second kappa shape index (κ2) is 4.80. The highest BCUT2D eigenvalue weighted by Gasteiger charge is 2.10. The molecule has 3 nitrogen and oxygen atoms in total. The van der Waals surface area contributed by atoms with E-state index in [0.29, 0.717) is 18.9 Å². The molecule has 1 aromatic heterocycles. The summed E-state index contributed by atoms with van der Waals surface area (Å²) in [5, 5.41) is 0. The monoisotopic (exact) mass is 280 g/mol. The van der Waals surface area contributed by atoms with E-state index in [9.17, 15) is 0 Å². The fourth-order valence-electron chi connectivity index (χ4n) is 1.55. The lowest BCUT2D eigenvalue weighted by Crippen LogP contribution is -2.02. The Morgan fingerprint density at radius 1 is 1.31 bits per heavy atom. The summed E-state index contributed by atoms with van der Waals surface area (Å²) in [7, 11) is 0. The molecule has 0 aliphatic heterocycles. The maximum absolute atomic E-state index is 5.67. The van der Waals surface area contributed by atoms with Crippen LogP contribution in [0.25, 0.3) is 11.3 Å². The zero-order valence-electron chi connectivity index (χ0n) is 9.03. The molecule has 0 unspecified atom stereocenters. The largest absolute Gasteiger partial charge is 0.440 e. The van der Waals surface area contributed by atoms with Crippen molar-refractivity contribution in [3.05, 3.63) is 40.3 Å². The van der Waals surface area contributed by atoms with Gasteiger partial charge in [-0.3, -0.25) is 0 Å². The van der Waals surface area contributed by atoms with Crippen LogP contribution in [0.2, 0.25) is 0 Å². The van der Waals surface area contributed by atoms with Crippen molar-refractivity contribution >= 4 is 15.9 Å². The average molecular weight is 281 g/mol. The second-order valence-corrected chi connectivity index (χ2v) is 4.48. The number of benzene rings is 1. The molecule has 2 aromatic rings. The fraction of sp³-hybridized carbons (Fsp3) is 0.250. The van der Waals surface area contributed by atoms with Crippen molar-refractivity contribution in [1.82, 2.24) is 4.98 Å². The Morgan fingerprint density at radius 2 is 2.00 bits per heavy atom. The minimum atomic E-state index is 0.555. The number of hydrogen-bond donors (Lipinski definition) is 1. The van der Waals surface area contributed by atoms with Crippen molar-refractivity contribution in [2.45, 2.75) is 13.3 Å². The van der Waals surface area contributed by atoms with Gasteiger partial charge in [0.2, 0.25) is 0 Å². The van der Waals surface area contributed by atoms with Gasteiger partial charge in [-0.25, -0.2) is 4.98 Å². The first-order valence-electron chi connectivity index (χ1n) is 5.13. The standard InChI is InChI=1S/C12H13BrN2O/c1-8-12(16-11(15-8)6-7-14)9-2-4-10(13)5-3-9/h2-5H,6-7,14H2,1H3. The van der Waals surface area contributed by atoms with Gasteiger partial charge in [-0.05, 0) is 19.1 Å². The van der Waals surface area contributed by atoms with E-state index in [0.717, 1.165) is 21.5 Å². The van der Waals surface area contributed by atoms with E-state index in [2.05, 4.69) is 20.9 Å². The smallest absolute Gasteiger partial charge is 0.196 e. The highest BCUT2D eigenvalue weighted by Crippen LogP contribution is 2.25. The first kappa shape index (κ1) is 11.4. The lowest BCUT2D eigenvalue weighted by Gasteiger charge is -1.97. The van der Waals surface area contributed by atoms with Crippen molar-refractivity contribution in [2.24, 2.45) is 5.73 Å². The van der Waals surface area contributed by atoms with E-state index in [-0.39, 0.29) is 0 Å². The molecule has 2 rings (SSSR count). The van der Waals surface area contributed by atoms with Crippen molar-refractivity contribution in [2.75, 3.05) is 6.54 Å². The molecule has 0 saturated carbocycles. The molecule has 84 valence electrons. The van der Waals surface area contributed by atoms with E-state index in [4.69, 9.17) is 10.2 Å². The molecule has 0 aliphatic rings. The number of oxazole rings is 1. The van der Waals surface area contributed by atoms with Gasteiger partial charge in [-0.1, -0.05) is 28.1 Å². The van der Waals surface area contributed by atoms with Gasteiger partial charge in [0.25, 0.3) is 0 Å². The van der Waals surface area contributed by atoms with Crippen molar-refractivity contribution < 1.29 is 4.42 Å². The van der Waals surface area contributed by atoms with Crippen molar-refractivity contribution in [3.63, 3.8) is 0 Å². The van der Waals surface area contributed by atoms with Gasteiger partial charge in [0.1, 0.15) is 0 Å². The molecule has 1 aromatic carbocycles. The average Bonchev–Trinajstić information content (AvgIpc) is 2.61. The Hall–Kier alpha value is -1.13. The van der Waals surface area contributed by atoms with Crippen LogP contribution in [-0.2, 0) is 6.42 Å². The summed E-state index contributed by atoms with van der Waals surface area (Å²) < 4.78 is 6.73. The van der Waals surface area contributed by atoms with Crippen LogP contribution in [0.4, 0.5) is 0 Å². The van der Waals surface area contributed by atoms with Crippen LogP contribution < -0.4 is 5.73 Å². The van der Waals surface area contributed by atoms with Crippen LogP contribution in [-0.4, -0.2) is 11.5 Å². The van der Waals surface area contributed by atoms with Gasteiger partial charge >= 0.3 is 0 Å². The number of nitrogens with two attached hydrogens (primary N) is 1. The highest BCUT2D eigenvalue weighted by atomic mass is 79.9. The molecular formula is C12H13BrN2O. The van der Waals surface area contributed by atoms with Gasteiger partial charge < -0.3 is 10.2 Å². The fourth-order valence-corrected chi connectivity index (χ4v) is 1.82. The maximum Gasteiger partial charge on any atom is 0.196 e. The summed E-state index contributed by atoms with van der Waals surface area (Å²) in [6.07, 6.45) is 0.678. The lowest BCUT2D eigenvalue weighted by molar-refractivity contribution is 0.508. The quantitative estimate of drug-likeness (QED) is 0.941. The Labute approximate surface area is 103 Å². The second-order valence-electron chi connectivity index (χ2n) is 3.57. The summed E-state index contributed by atoms with van der Waals surface area (Å²) >= 11 is 3.40. The predicted molar refractivity (Wildman–Crippen MR) is 67.1 cm³/mol. The van der Waals surface area contributed by atoms with Crippen LogP contribution >= 0.6 is 15.9 Å². The van der Waals surface area contributed by atoms with Crippen molar-refractivity contribution in [3.8, 4) is 11.3 Å². The predicted octanol–water partition coefficient (Wildman–Crippen LogP) is 2.91. The van der Waals surface area contributed by atoms with Gasteiger partial charge in [-0.15, -0.1) is 0 Å². The zero-order valence-corrected chi connectivity index (χ0v) is 10.6. The van der Waals surface area contributed by atoms with E-state index < -0.39 is 0 Å². The number of aryl methyl sites for hydroxylation is 1. The minimum absolute atomic E-state index is 0.555. The van der Waals surface area contributed by atoms with Crippen LogP contribution in [0.5, 0.6) is 0 Å². The van der Waals surface area contributed by atoms with Crippen LogP contribution in [0.1, 0.15) is 11.6 Å². The number of halogens is 1. The summed E-state index contributed by atoms with van der Waals surface area (Å²) in [6, 6.07) is 7.98. The summed E-state index contributed by atoms with van der Waals surface area (Å²) in [5.74, 6) is 1.54. The number of hydrogen-bond acceptors (Lipinski definition) is 3. The van der Waals surface area contributed by atoms with Gasteiger partial charge in [0, 0.05) is 23.0 Å². The van der Waals surface area contributed by atoms with E-state index >= 15 is 0 Å². The maximum atomic E-state index is 5.67. The summed E-state index contributed by atoms with van der Waals surface area (Å²) in [4.78, 5) is 4.34. The molecule has 16 heavy (non-hydrogen) atoms. The first-order chi connectivity index (χ1) is 7.70. The van der Waals surface area contributed by atoms with E-state index in [1.54, 1.807) is 0 Å². The SMILES string of the molecule is Cc1nc(CCN)oc1-c1ccc(Br)cc1. The molecular weight excluding hydrogens is 268 g/mol. The number of rotatable bonds is 3. The molecule has 0 radical (unpaired) electrons. The van der Waals surface area contributed by atoms with E-state index in [1.807, 2.05) is 31.2 Å². The first-order valence-corrected chi connectivity index (χ1v) is 5.92. The Bertz CT molecular complexity index is 476. The normalized spacial score (nSPS) is 10.7. The zero-order chi connectivity index (χ0) is 11.5. The minimum Gasteiger partial charge on any atom is -0.440 e. The number of nitrogens with zero attached hydrogens (tertiary/aromatic N) is 1. The Balaban J connectivity index is 2.36. The highest BCUT2D eigenvalue weighted by molar-refractivity contribution is 9.10. The molecule has 2 N–H and O–H groups in total. The molecule has 0 bridgehead atoms. The lowest BCUT2D eigenvalue weighted by atomic mass is 10.1. The third-order valence-electron chi connectivity index (χ3n) is 2.31. The topological polar surface area (TPSA) is 52.0 Å². The van der Waals surface area contributed by atoms with Crippen LogP contribution in [0.15, 0.2) is 33.2 Å². The summed E-state index contributed by atoms with van der Waals surface area (Å²) in [6.45, 7) is 2.50. The number of aromatic nitrogens is 1. The molecule has 4 heteroatoms.